The second-order valence-corrected chi connectivity index (χ2v) is 6.23. The molecule has 0 spiro atoms. The van der Waals surface area contributed by atoms with Crippen LogP contribution in [0.25, 0.3) is 0 Å². The first-order valence-corrected chi connectivity index (χ1v) is 7.49. The highest BCUT2D eigenvalue weighted by Crippen LogP contribution is 2.21. The van der Waals surface area contributed by atoms with Crippen molar-refractivity contribution in [1.82, 2.24) is 9.97 Å². The molecule has 1 heterocycles. The molecule has 0 radical (unpaired) electrons. The Balaban J connectivity index is 2.25. The molecule has 0 atom stereocenters. The Morgan fingerprint density at radius 2 is 1.90 bits per heavy atom. The third-order valence-electron chi connectivity index (χ3n) is 2.29. The predicted octanol–water partition coefficient (Wildman–Crippen LogP) is 1.80. The number of carbonyl (C=O) groups is 1. The Labute approximate surface area is 118 Å². The molecule has 9 heteroatoms. The van der Waals surface area contributed by atoms with E-state index in [1.807, 2.05) is 0 Å². The van der Waals surface area contributed by atoms with Crippen molar-refractivity contribution in [3.05, 3.63) is 48.3 Å². The fourth-order valence-electron chi connectivity index (χ4n) is 1.36. The van der Waals surface area contributed by atoms with Crippen LogP contribution in [-0.4, -0.2) is 24.3 Å². The SMILES string of the molecule is O=C(Nc1ccc(S(=O)(=O)Cl)cc1F)c1cncnc1. The van der Waals surface area contributed by atoms with E-state index in [1.165, 1.54) is 18.7 Å². The van der Waals surface area contributed by atoms with Crippen molar-refractivity contribution in [3.63, 3.8) is 0 Å². The quantitative estimate of drug-likeness (QED) is 0.872. The Morgan fingerprint density at radius 1 is 1.25 bits per heavy atom. The summed E-state index contributed by atoms with van der Waals surface area (Å²) in [6.45, 7) is 0. The van der Waals surface area contributed by atoms with E-state index in [4.69, 9.17) is 10.7 Å². The average molecular weight is 316 g/mol. The van der Waals surface area contributed by atoms with E-state index in [0.29, 0.717) is 0 Å². The number of carbonyl (C=O) groups excluding carboxylic acids is 1. The van der Waals surface area contributed by atoms with Crippen molar-refractivity contribution >= 4 is 31.3 Å². The molecule has 104 valence electrons. The lowest BCUT2D eigenvalue weighted by Gasteiger charge is -2.06. The molecule has 0 saturated heterocycles. The molecule has 2 aromatic rings. The summed E-state index contributed by atoms with van der Waals surface area (Å²) in [6, 6.07) is 2.91. The van der Waals surface area contributed by atoms with Gasteiger partial charge in [-0.25, -0.2) is 22.8 Å². The molecule has 1 amide bonds. The van der Waals surface area contributed by atoms with Crippen LogP contribution in [0.5, 0.6) is 0 Å². The van der Waals surface area contributed by atoms with E-state index in [2.05, 4.69) is 15.3 Å². The number of hydrogen-bond acceptors (Lipinski definition) is 5. The molecule has 2 rings (SSSR count). The minimum absolute atomic E-state index is 0.140. The highest BCUT2D eigenvalue weighted by molar-refractivity contribution is 8.13. The first-order chi connectivity index (χ1) is 9.38. The molecule has 1 N–H and O–H groups in total. The standard InChI is InChI=1S/C11H7ClFN3O3S/c12-20(18,19)8-1-2-10(9(13)3-8)16-11(17)7-4-14-6-15-5-7/h1-6H,(H,16,17). The number of aromatic nitrogens is 2. The predicted molar refractivity (Wildman–Crippen MR) is 69.4 cm³/mol. The largest absolute Gasteiger partial charge is 0.319 e. The minimum Gasteiger partial charge on any atom is -0.319 e. The van der Waals surface area contributed by atoms with Crippen LogP contribution in [0.4, 0.5) is 10.1 Å². The maximum absolute atomic E-state index is 13.7. The van der Waals surface area contributed by atoms with Crippen LogP contribution < -0.4 is 5.32 Å². The van der Waals surface area contributed by atoms with Crippen molar-refractivity contribution in [2.75, 3.05) is 5.32 Å². The summed E-state index contributed by atoms with van der Waals surface area (Å²) in [4.78, 5) is 18.7. The van der Waals surface area contributed by atoms with Crippen LogP contribution in [0.1, 0.15) is 10.4 Å². The van der Waals surface area contributed by atoms with E-state index in [1.54, 1.807) is 0 Å². The van der Waals surface area contributed by atoms with Gasteiger partial charge < -0.3 is 5.32 Å². The Hall–Kier alpha value is -2.06. The average Bonchev–Trinajstić information content (AvgIpc) is 2.41. The van der Waals surface area contributed by atoms with E-state index < -0.39 is 25.7 Å². The number of hydrogen-bond donors (Lipinski definition) is 1. The van der Waals surface area contributed by atoms with Crippen LogP contribution >= 0.6 is 10.7 Å². The number of halogens is 2. The number of nitrogens with one attached hydrogen (secondary N) is 1. The monoisotopic (exact) mass is 315 g/mol. The molecule has 0 aliphatic heterocycles. The number of benzene rings is 1. The molecule has 1 aromatic heterocycles. The molecular weight excluding hydrogens is 309 g/mol. The van der Waals surface area contributed by atoms with Crippen molar-refractivity contribution in [3.8, 4) is 0 Å². The van der Waals surface area contributed by atoms with Crippen molar-refractivity contribution < 1.29 is 17.6 Å². The van der Waals surface area contributed by atoms with Crippen molar-refractivity contribution in [1.29, 1.82) is 0 Å². The molecule has 0 aliphatic carbocycles. The van der Waals surface area contributed by atoms with Gasteiger partial charge >= 0.3 is 0 Å². The third kappa shape index (κ3) is 3.28. The molecule has 0 unspecified atom stereocenters. The smallest absolute Gasteiger partial charge is 0.261 e. The fraction of sp³-hybridized carbons (Fsp3) is 0. The van der Waals surface area contributed by atoms with E-state index in [0.717, 1.165) is 18.2 Å². The Bertz CT molecular complexity index is 753. The summed E-state index contributed by atoms with van der Waals surface area (Å²) < 4.78 is 35.8. The Kier molecular flexibility index (Phi) is 3.96. The highest BCUT2D eigenvalue weighted by atomic mass is 35.7. The normalized spacial score (nSPS) is 11.1. The maximum Gasteiger partial charge on any atom is 0.261 e. The van der Waals surface area contributed by atoms with Gasteiger partial charge in [0, 0.05) is 23.1 Å². The summed E-state index contributed by atoms with van der Waals surface area (Å²) in [5.41, 5.74) is -0.0381. The maximum atomic E-state index is 13.7. The van der Waals surface area contributed by atoms with Gasteiger partial charge in [-0.1, -0.05) is 0 Å². The van der Waals surface area contributed by atoms with Gasteiger partial charge in [-0.15, -0.1) is 0 Å². The molecule has 20 heavy (non-hydrogen) atoms. The van der Waals surface area contributed by atoms with Gasteiger partial charge in [0.25, 0.3) is 15.0 Å². The summed E-state index contributed by atoms with van der Waals surface area (Å²) in [7, 11) is 1.06. The summed E-state index contributed by atoms with van der Waals surface area (Å²) in [5, 5.41) is 2.27. The molecule has 1 aromatic carbocycles. The van der Waals surface area contributed by atoms with Crippen LogP contribution in [-0.2, 0) is 9.05 Å². The third-order valence-corrected chi connectivity index (χ3v) is 3.64. The summed E-state index contributed by atoms with van der Waals surface area (Å²) in [5.74, 6) is -1.54. The highest BCUT2D eigenvalue weighted by Gasteiger charge is 2.15. The van der Waals surface area contributed by atoms with E-state index in [9.17, 15) is 17.6 Å². The van der Waals surface area contributed by atoms with Crippen molar-refractivity contribution in [2.45, 2.75) is 4.90 Å². The molecule has 0 aliphatic rings. The van der Waals surface area contributed by atoms with Gasteiger partial charge in [0.2, 0.25) is 0 Å². The van der Waals surface area contributed by atoms with Crippen LogP contribution in [0, 0.1) is 5.82 Å². The zero-order valence-electron chi connectivity index (χ0n) is 9.75. The first-order valence-electron chi connectivity index (χ1n) is 5.18. The van der Waals surface area contributed by atoms with Gasteiger partial charge in [0.15, 0.2) is 0 Å². The van der Waals surface area contributed by atoms with Crippen molar-refractivity contribution in [2.24, 2.45) is 0 Å². The zero-order chi connectivity index (χ0) is 14.8. The second-order valence-electron chi connectivity index (χ2n) is 3.66. The lowest BCUT2D eigenvalue weighted by Crippen LogP contribution is -2.13. The zero-order valence-corrected chi connectivity index (χ0v) is 11.3. The first kappa shape index (κ1) is 14.4. The minimum atomic E-state index is -4.02. The van der Waals surface area contributed by atoms with Gasteiger partial charge in [-0.05, 0) is 18.2 Å². The van der Waals surface area contributed by atoms with E-state index >= 15 is 0 Å². The van der Waals surface area contributed by atoms with Gasteiger partial charge in [-0.3, -0.25) is 4.79 Å². The molecule has 6 nitrogen and oxygen atoms in total. The number of anilines is 1. The fourth-order valence-corrected chi connectivity index (χ4v) is 2.12. The molecule has 0 fully saturated rings. The molecule has 0 saturated carbocycles. The van der Waals surface area contributed by atoms with Crippen LogP contribution in [0.15, 0.2) is 41.8 Å². The van der Waals surface area contributed by atoms with Gasteiger partial charge in [-0.2, -0.15) is 0 Å². The van der Waals surface area contributed by atoms with Crippen LogP contribution in [0.3, 0.4) is 0 Å². The topological polar surface area (TPSA) is 89.0 Å². The lowest BCUT2D eigenvalue weighted by molar-refractivity contribution is 0.102. The molecular formula is C11H7ClFN3O3S. The second kappa shape index (κ2) is 5.51. The summed E-state index contributed by atoms with van der Waals surface area (Å²) in [6.07, 6.45) is 3.77. The number of amides is 1. The molecule has 0 bridgehead atoms. The van der Waals surface area contributed by atoms with Gasteiger partial charge in [0.05, 0.1) is 16.1 Å². The lowest BCUT2D eigenvalue weighted by atomic mass is 10.2. The van der Waals surface area contributed by atoms with E-state index in [-0.39, 0.29) is 11.3 Å². The number of rotatable bonds is 3. The van der Waals surface area contributed by atoms with Gasteiger partial charge in [0.1, 0.15) is 12.1 Å². The Morgan fingerprint density at radius 3 is 2.45 bits per heavy atom. The van der Waals surface area contributed by atoms with Crippen LogP contribution in [0.2, 0.25) is 0 Å². The summed E-state index contributed by atoms with van der Waals surface area (Å²) >= 11 is 0. The number of nitrogens with zero attached hydrogens (tertiary/aromatic N) is 2.